The molecule has 0 amide bonds. The summed E-state index contributed by atoms with van der Waals surface area (Å²) < 4.78 is 0. The molecule has 0 radical (unpaired) electrons. The van der Waals surface area contributed by atoms with E-state index in [1.54, 1.807) is 0 Å². The zero-order valence-corrected chi connectivity index (χ0v) is 24.8. The minimum absolute atomic E-state index is 0.0551. The highest BCUT2D eigenvalue weighted by Crippen LogP contribution is 2.57. The molecule has 0 saturated heterocycles. The molecule has 1 aromatic carbocycles. The van der Waals surface area contributed by atoms with Gasteiger partial charge in [-0.25, -0.2) is 9.97 Å². The van der Waals surface area contributed by atoms with Crippen molar-refractivity contribution in [1.82, 2.24) is 19.9 Å². The van der Waals surface area contributed by atoms with Crippen LogP contribution in [0.2, 0.25) is 0 Å². The van der Waals surface area contributed by atoms with Crippen LogP contribution in [-0.4, -0.2) is 19.9 Å². The van der Waals surface area contributed by atoms with E-state index in [2.05, 4.69) is 61.3 Å². The van der Waals surface area contributed by atoms with Gasteiger partial charge in [0.25, 0.3) is 0 Å². The summed E-state index contributed by atoms with van der Waals surface area (Å²) in [5.41, 5.74) is 6.95. The highest BCUT2D eigenvalue weighted by molar-refractivity contribution is 6.05. The van der Waals surface area contributed by atoms with Crippen molar-refractivity contribution >= 4 is 33.2 Å². The summed E-state index contributed by atoms with van der Waals surface area (Å²) in [6.07, 6.45) is 15.8. The minimum Gasteiger partial charge on any atom is -0.357 e. The van der Waals surface area contributed by atoms with Crippen LogP contribution in [0, 0.1) is 70.0 Å². The summed E-state index contributed by atoms with van der Waals surface area (Å²) in [6, 6.07) is 2.00. The lowest BCUT2D eigenvalue weighted by molar-refractivity contribution is -0.344. The van der Waals surface area contributed by atoms with Gasteiger partial charge >= 0.3 is 5.65 Å². The lowest BCUT2D eigenvalue weighted by Gasteiger charge is -2.52. The van der Waals surface area contributed by atoms with Crippen LogP contribution in [0.4, 0.5) is 0 Å². The maximum Gasteiger partial charge on any atom is 0.347 e. The van der Waals surface area contributed by atoms with E-state index in [9.17, 15) is 0 Å². The quantitative estimate of drug-likeness (QED) is 0.190. The van der Waals surface area contributed by atoms with Gasteiger partial charge in [0, 0.05) is 29.3 Å². The second kappa shape index (κ2) is 9.03. The highest BCUT2D eigenvalue weighted by atomic mass is 14.9. The number of aromatic amines is 2. The van der Waals surface area contributed by atoms with Crippen LogP contribution >= 0.6 is 0 Å². The van der Waals surface area contributed by atoms with Gasteiger partial charge in [0.2, 0.25) is 5.52 Å². The maximum atomic E-state index is 5.17. The number of aromatic nitrogens is 5. The van der Waals surface area contributed by atoms with E-state index in [1.165, 1.54) is 51.4 Å². The summed E-state index contributed by atoms with van der Waals surface area (Å²) in [6.45, 7) is 9.67. The zero-order chi connectivity index (χ0) is 27.9. The molecule has 0 aliphatic heterocycles. The molecule has 41 heavy (non-hydrogen) atoms. The molecule has 3 heterocycles. The molecule has 6 saturated carbocycles. The Morgan fingerprint density at radius 2 is 1.37 bits per heavy atom. The number of nitrogens with zero attached hydrogens (tertiary/aromatic N) is 3. The van der Waals surface area contributed by atoms with E-state index in [0.29, 0.717) is 23.7 Å². The molecule has 0 spiro atoms. The molecule has 6 fully saturated rings. The first-order chi connectivity index (χ1) is 19.9. The third-order valence-corrected chi connectivity index (χ3v) is 12.1. The van der Waals surface area contributed by atoms with Crippen LogP contribution in [-0.2, 0) is 0 Å². The van der Waals surface area contributed by atoms with Gasteiger partial charge in [-0.15, -0.1) is 0 Å². The first kappa shape index (κ1) is 25.3. The van der Waals surface area contributed by atoms with Crippen LogP contribution in [0.3, 0.4) is 0 Å². The Kier molecular flexibility index (Phi) is 5.57. The Morgan fingerprint density at radius 1 is 0.780 bits per heavy atom. The summed E-state index contributed by atoms with van der Waals surface area (Å²) in [5, 5.41) is 0. The number of benzene rings is 1. The molecule has 4 bridgehead atoms. The molecule has 4 atom stereocenters. The van der Waals surface area contributed by atoms with E-state index in [4.69, 9.17) is 15.0 Å². The van der Waals surface area contributed by atoms with Crippen molar-refractivity contribution in [3.8, 4) is 23.7 Å². The monoisotopic (exact) mass is 542 g/mol. The topological polar surface area (TPSA) is 68.6 Å². The van der Waals surface area contributed by atoms with E-state index in [1.807, 2.05) is 24.7 Å². The van der Waals surface area contributed by atoms with Crippen LogP contribution in [0.1, 0.15) is 90.2 Å². The van der Waals surface area contributed by atoms with Crippen LogP contribution in [0.15, 0.2) is 24.7 Å². The number of H-pyrrole nitrogens is 2. The molecule has 5 heteroatoms. The van der Waals surface area contributed by atoms with Gasteiger partial charge in [-0.3, -0.25) is 4.98 Å². The SMILES string of the molecule is CC1CC2CCC1(C#Cc1c3nc4[nH+]ccc4nc3c(C#CC34CCC(CC3C)CC4C)c3[nH]ccnc13)C(C)C2. The first-order valence-electron chi connectivity index (χ1n) is 15.9. The third-order valence-electron chi connectivity index (χ3n) is 12.1. The summed E-state index contributed by atoms with van der Waals surface area (Å²) >= 11 is 0. The maximum absolute atomic E-state index is 5.17. The lowest BCUT2D eigenvalue weighted by atomic mass is 9.51. The van der Waals surface area contributed by atoms with Crippen molar-refractivity contribution in [3.63, 3.8) is 0 Å². The number of nitrogens with one attached hydrogen (secondary N) is 2. The van der Waals surface area contributed by atoms with E-state index >= 15 is 0 Å². The molecule has 4 unspecified atom stereocenters. The molecular weight excluding hydrogens is 502 g/mol. The largest absolute Gasteiger partial charge is 0.357 e. The lowest BCUT2D eigenvalue weighted by Crippen LogP contribution is -2.45. The van der Waals surface area contributed by atoms with Crippen LogP contribution in [0.5, 0.6) is 0 Å². The number of rotatable bonds is 0. The van der Waals surface area contributed by atoms with Gasteiger partial charge in [0.15, 0.2) is 5.52 Å². The normalized spacial score (nSPS) is 35.8. The summed E-state index contributed by atoms with van der Waals surface area (Å²) in [5.74, 6) is 19.4. The van der Waals surface area contributed by atoms with Crippen molar-refractivity contribution in [1.29, 1.82) is 0 Å². The molecule has 208 valence electrons. The minimum atomic E-state index is 0.0551. The second-order valence-corrected chi connectivity index (χ2v) is 14.1. The smallest absolute Gasteiger partial charge is 0.347 e. The highest BCUT2D eigenvalue weighted by Gasteiger charge is 2.50. The second-order valence-electron chi connectivity index (χ2n) is 14.1. The van der Waals surface area contributed by atoms with Gasteiger partial charge in [-0.05, 0) is 91.9 Å². The fourth-order valence-corrected chi connectivity index (χ4v) is 9.76. The molecule has 10 rings (SSSR count). The number of hydrogen-bond acceptors (Lipinski definition) is 3. The average molecular weight is 543 g/mol. The van der Waals surface area contributed by atoms with Crippen molar-refractivity contribution in [2.24, 2.45) is 46.3 Å². The van der Waals surface area contributed by atoms with Crippen molar-refractivity contribution in [2.45, 2.75) is 79.1 Å². The van der Waals surface area contributed by atoms with Crippen molar-refractivity contribution in [2.75, 3.05) is 0 Å². The van der Waals surface area contributed by atoms with Gasteiger partial charge in [0.1, 0.15) is 16.6 Å². The van der Waals surface area contributed by atoms with E-state index < -0.39 is 0 Å². The molecule has 2 N–H and O–H groups in total. The predicted molar refractivity (Wildman–Crippen MR) is 162 cm³/mol. The Labute approximate surface area is 242 Å². The third kappa shape index (κ3) is 3.64. The molecular formula is C36H40N5+. The zero-order valence-electron chi connectivity index (χ0n) is 24.8. The van der Waals surface area contributed by atoms with E-state index in [0.717, 1.165) is 56.2 Å². The van der Waals surface area contributed by atoms with Gasteiger partial charge < -0.3 is 4.98 Å². The van der Waals surface area contributed by atoms with Gasteiger partial charge in [-0.2, -0.15) is 0 Å². The summed E-state index contributed by atoms with van der Waals surface area (Å²) in [7, 11) is 0. The Hall–Kier alpha value is -3.44. The number of fused-ring (bicyclic) bond motifs is 9. The van der Waals surface area contributed by atoms with Gasteiger partial charge in [-0.1, -0.05) is 51.4 Å². The van der Waals surface area contributed by atoms with Gasteiger partial charge in [0.05, 0.1) is 17.3 Å². The Balaban J connectivity index is 1.38. The molecule has 3 aromatic heterocycles. The van der Waals surface area contributed by atoms with Crippen molar-refractivity contribution in [3.05, 3.63) is 35.8 Å². The van der Waals surface area contributed by atoms with Crippen molar-refractivity contribution < 1.29 is 4.98 Å². The number of hydrogen-bond donors (Lipinski definition) is 1. The van der Waals surface area contributed by atoms with Crippen LogP contribution in [0.25, 0.3) is 33.2 Å². The Morgan fingerprint density at radius 3 is 1.98 bits per heavy atom. The molecule has 4 aromatic rings. The average Bonchev–Trinajstić information content (AvgIpc) is 3.43. The predicted octanol–water partition coefficient (Wildman–Crippen LogP) is 7.10. The molecule has 6 aliphatic carbocycles. The fourth-order valence-electron chi connectivity index (χ4n) is 9.76. The van der Waals surface area contributed by atoms with Crippen LogP contribution < -0.4 is 4.98 Å². The first-order valence-corrected chi connectivity index (χ1v) is 15.9. The fraction of sp³-hybridized carbons (Fsp3) is 0.556. The Bertz CT molecular complexity index is 1670. The summed E-state index contributed by atoms with van der Waals surface area (Å²) in [4.78, 5) is 22.0. The van der Waals surface area contributed by atoms with E-state index in [-0.39, 0.29) is 10.8 Å². The molecule has 6 aliphatic rings. The molecule has 5 nitrogen and oxygen atoms in total. The standard InChI is InChI=1S/C36H39N5/c1-21-17-25-5-10-35(21,22(2)18-25)12-7-27-30-31(38-16-15-37-30)28(33-32(27)40-29-9-14-39-34(29)41-33)8-13-36-11-6-26(19-23(36)3)20-24(36)4/h9,14-16,21-26,37H,5-6,10-11,17-20H2,1-4H3/p+1.